The normalized spacial score (nSPS) is 17.5. The highest BCUT2D eigenvalue weighted by atomic mass is 19.4. The number of aromatic nitrogens is 2. The fourth-order valence-corrected chi connectivity index (χ4v) is 2.87. The second-order valence-electron chi connectivity index (χ2n) is 6.19. The lowest BCUT2D eigenvalue weighted by Gasteiger charge is -2.33. The first-order chi connectivity index (χ1) is 12.8. The van der Waals surface area contributed by atoms with Crippen LogP contribution in [0.4, 0.5) is 13.2 Å². The molecule has 0 spiro atoms. The van der Waals surface area contributed by atoms with Crippen LogP contribution >= 0.6 is 0 Å². The number of piperidine rings is 1. The zero-order valence-corrected chi connectivity index (χ0v) is 14.6. The molecule has 2 heterocycles. The predicted molar refractivity (Wildman–Crippen MR) is 89.4 cm³/mol. The van der Waals surface area contributed by atoms with Gasteiger partial charge in [-0.1, -0.05) is 12.1 Å². The van der Waals surface area contributed by atoms with Crippen LogP contribution in [0, 0.1) is 6.92 Å². The minimum Gasteiger partial charge on any atom is -0.471 e. The number of hydrogen-bond donors (Lipinski definition) is 0. The van der Waals surface area contributed by atoms with Crippen LogP contribution in [0.1, 0.15) is 28.9 Å². The van der Waals surface area contributed by atoms with Gasteiger partial charge in [-0.25, -0.2) is 0 Å². The van der Waals surface area contributed by atoms with E-state index in [1.807, 2.05) is 0 Å². The minimum atomic E-state index is -4.87. The number of aryl methyl sites for hydroxylation is 1. The van der Waals surface area contributed by atoms with Crippen molar-refractivity contribution in [3.63, 3.8) is 0 Å². The fraction of sp³-hybridized carbons (Fsp3) is 0.389. The van der Waals surface area contributed by atoms with Gasteiger partial charge in [0, 0.05) is 12.6 Å². The van der Waals surface area contributed by atoms with E-state index in [2.05, 4.69) is 14.9 Å². The smallest absolute Gasteiger partial charge is 0.471 e. The molecule has 1 aromatic carbocycles. The summed E-state index contributed by atoms with van der Waals surface area (Å²) < 4.78 is 47.5. The van der Waals surface area contributed by atoms with Crippen LogP contribution in [0.15, 0.2) is 36.4 Å². The van der Waals surface area contributed by atoms with Gasteiger partial charge in [-0.05, 0) is 38.0 Å². The zero-order valence-electron chi connectivity index (χ0n) is 14.6. The van der Waals surface area contributed by atoms with Gasteiger partial charge in [0.05, 0.1) is 17.8 Å². The molecule has 2 aromatic rings. The standard InChI is InChI=1S/C18H18F3N3O3/c1-12-8-9-16(23-22-12)26-13-5-4-10-24(11-13)17(25)14-6-2-3-7-15(14)27-18(19,20)21/h2-3,6-9,13H,4-5,10-11H2,1H3. The lowest BCUT2D eigenvalue weighted by molar-refractivity contribution is -0.274. The van der Waals surface area contributed by atoms with E-state index >= 15 is 0 Å². The number of likely N-dealkylation sites (tertiary alicyclic amines) is 1. The van der Waals surface area contributed by atoms with Crippen molar-refractivity contribution in [2.45, 2.75) is 32.2 Å². The molecule has 1 aliphatic rings. The van der Waals surface area contributed by atoms with Crippen LogP contribution in [0.25, 0.3) is 0 Å². The maximum Gasteiger partial charge on any atom is 0.573 e. The number of ether oxygens (including phenoxy) is 2. The van der Waals surface area contributed by atoms with Gasteiger partial charge in [0.1, 0.15) is 11.9 Å². The summed E-state index contributed by atoms with van der Waals surface area (Å²) in [5, 5.41) is 7.85. The number of halogens is 3. The summed E-state index contributed by atoms with van der Waals surface area (Å²) in [6, 6.07) is 8.78. The molecule has 1 amide bonds. The number of rotatable bonds is 4. The van der Waals surface area contributed by atoms with Crippen LogP contribution < -0.4 is 9.47 Å². The SMILES string of the molecule is Cc1ccc(OC2CCCN(C(=O)c3ccccc3OC(F)(F)F)C2)nn1. The Bertz CT molecular complexity index is 796. The Hall–Kier alpha value is -2.84. The molecule has 6 nitrogen and oxygen atoms in total. The van der Waals surface area contributed by atoms with E-state index in [0.29, 0.717) is 25.3 Å². The predicted octanol–water partition coefficient (Wildman–Crippen LogP) is 3.37. The van der Waals surface area contributed by atoms with E-state index in [-0.39, 0.29) is 18.2 Å². The first-order valence-corrected chi connectivity index (χ1v) is 8.43. The van der Waals surface area contributed by atoms with E-state index in [1.54, 1.807) is 19.1 Å². The average Bonchev–Trinajstić information content (AvgIpc) is 2.62. The summed E-state index contributed by atoms with van der Waals surface area (Å²) in [6.45, 7) is 2.48. The number of carbonyl (C=O) groups is 1. The third-order valence-corrected chi connectivity index (χ3v) is 4.07. The van der Waals surface area contributed by atoms with E-state index in [4.69, 9.17) is 4.74 Å². The van der Waals surface area contributed by atoms with Crippen LogP contribution in [0.2, 0.25) is 0 Å². The monoisotopic (exact) mass is 381 g/mol. The minimum absolute atomic E-state index is 0.134. The number of carbonyl (C=O) groups excluding carboxylic acids is 1. The molecule has 1 aromatic heterocycles. The van der Waals surface area contributed by atoms with Gasteiger partial charge >= 0.3 is 6.36 Å². The molecule has 1 unspecified atom stereocenters. The Kier molecular flexibility index (Phi) is 5.48. The van der Waals surface area contributed by atoms with Crippen molar-refractivity contribution in [2.24, 2.45) is 0 Å². The van der Waals surface area contributed by atoms with E-state index < -0.39 is 18.0 Å². The molecule has 1 aliphatic heterocycles. The average molecular weight is 381 g/mol. The first kappa shape index (κ1) is 18.9. The topological polar surface area (TPSA) is 64.5 Å². The summed E-state index contributed by atoms with van der Waals surface area (Å²) in [4.78, 5) is 14.2. The number of amides is 1. The van der Waals surface area contributed by atoms with Gasteiger partial charge in [-0.15, -0.1) is 18.3 Å². The summed E-state index contributed by atoms with van der Waals surface area (Å²) in [5.41, 5.74) is 0.620. The molecule has 1 saturated heterocycles. The fourth-order valence-electron chi connectivity index (χ4n) is 2.87. The third-order valence-electron chi connectivity index (χ3n) is 4.07. The van der Waals surface area contributed by atoms with E-state index in [0.717, 1.165) is 11.8 Å². The van der Waals surface area contributed by atoms with Crippen molar-refractivity contribution in [1.29, 1.82) is 0 Å². The van der Waals surface area contributed by atoms with E-state index in [9.17, 15) is 18.0 Å². The molecule has 0 saturated carbocycles. The highest BCUT2D eigenvalue weighted by Crippen LogP contribution is 2.28. The summed E-state index contributed by atoms with van der Waals surface area (Å²) in [6.07, 6.45) is -3.80. The lowest BCUT2D eigenvalue weighted by Crippen LogP contribution is -2.44. The number of para-hydroxylation sites is 1. The maximum absolute atomic E-state index is 12.7. The summed E-state index contributed by atoms with van der Waals surface area (Å²) in [7, 11) is 0. The Morgan fingerprint density at radius 2 is 1.96 bits per heavy atom. The molecule has 0 N–H and O–H groups in total. The molecule has 0 bridgehead atoms. The van der Waals surface area contributed by atoms with Gasteiger partial charge in [-0.3, -0.25) is 4.79 Å². The van der Waals surface area contributed by atoms with Crippen molar-refractivity contribution in [2.75, 3.05) is 13.1 Å². The number of hydrogen-bond acceptors (Lipinski definition) is 5. The van der Waals surface area contributed by atoms with Crippen molar-refractivity contribution in [1.82, 2.24) is 15.1 Å². The van der Waals surface area contributed by atoms with Crippen molar-refractivity contribution in [3.8, 4) is 11.6 Å². The van der Waals surface area contributed by atoms with Crippen LogP contribution in [0.3, 0.4) is 0 Å². The van der Waals surface area contributed by atoms with Gasteiger partial charge < -0.3 is 14.4 Å². The molecular formula is C18H18F3N3O3. The molecule has 1 fully saturated rings. The molecule has 9 heteroatoms. The lowest BCUT2D eigenvalue weighted by atomic mass is 10.1. The molecule has 1 atom stereocenters. The Morgan fingerprint density at radius 1 is 1.19 bits per heavy atom. The Labute approximate surface area is 153 Å². The number of alkyl halides is 3. The van der Waals surface area contributed by atoms with Crippen molar-refractivity contribution in [3.05, 3.63) is 47.7 Å². The largest absolute Gasteiger partial charge is 0.573 e. The maximum atomic E-state index is 12.7. The molecule has 0 radical (unpaired) electrons. The summed E-state index contributed by atoms with van der Waals surface area (Å²) in [5.74, 6) is -0.693. The molecule has 3 rings (SSSR count). The summed E-state index contributed by atoms with van der Waals surface area (Å²) >= 11 is 0. The Morgan fingerprint density at radius 3 is 2.67 bits per heavy atom. The molecule has 144 valence electrons. The van der Waals surface area contributed by atoms with Gasteiger partial charge in [-0.2, -0.15) is 5.10 Å². The third kappa shape index (κ3) is 5.08. The second kappa shape index (κ2) is 7.81. The molecule has 27 heavy (non-hydrogen) atoms. The second-order valence-corrected chi connectivity index (χ2v) is 6.19. The molecule has 0 aliphatic carbocycles. The Balaban J connectivity index is 1.71. The van der Waals surface area contributed by atoms with Gasteiger partial charge in [0.15, 0.2) is 0 Å². The van der Waals surface area contributed by atoms with Crippen molar-refractivity contribution < 1.29 is 27.4 Å². The van der Waals surface area contributed by atoms with E-state index in [1.165, 1.54) is 23.1 Å². The highest BCUT2D eigenvalue weighted by Gasteiger charge is 2.34. The number of nitrogens with zero attached hydrogens (tertiary/aromatic N) is 3. The first-order valence-electron chi connectivity index (χ1n) is 8.43. The van der Waals surface area contributed by atoms with Gasteiger partial charge in [0.25, 0.3) is 5.91 Å². The van der Waals surface area contributed by atoms with Crippen LogP contribution in [-0.2, 0) is 0 Å². The van der Waals surface area contributed by atoms with Crippen LogP contribution in [-0.4, -0.2) is 46.6 Å². The highest BCUT2D eigenvalue weighted by molar-refractivity contribution is 5.97. The van der Waals surface area contributed by atoms with Crippen LogP contribution in [0.5, 0.6) is 11.6 Å². The van der Waals surface area contributed by atoms with Gasteiger partial charge in [0.2, 0.25) is 5.88 Å². The quantitative estimate of drug-likeness (QED) is 0.813. The number of benzene rings is 1. The zero-order chi connectivity index (χ0) is 19.4. The molecular weight excluding hydrogens is 363 g/mol. The van der Waals surface area contributed by atoms with Crippen molar-refractivity contribution >= 4 is 5.91 Å².